The molecular weight excluding hydrogens is 170 g/mol. The van der Waals surface area contributed by atoms with Gasteiger partial charge in [-0.3, -0.25) is 0 Å². The van der Waals surface area contributed by atoms with E-state index >= 15 is 0 Å². The summed E-state index contributed by atoms with van der Waals surface area (Å²) < 4.78 is 0. The summed E-state index contributed by atoms with van der Waals surface area (Å²) in [4.78, 5) is 10.1. The van der Waals surface area contributed by atoms with Gasteiger partial charge in [0.1, 0.15) is 0 Å². The van der Waals surface area contributed by atoms with Crippen molar-refractivity contribution < 1.29 is 15.0 Å². The fraction of sp³-hybridized carbons (Fsp3) is 0.222. The van der Waals surface area contributed by atoms with Crippen molar-refractivity contribution in [2.45, 2.75) is 13.2 Å². The van der Waals surface area contributed by atoms with Gasteiger partial charge in [-0.15, -0.1) is 0 Å². The number of carboxylic acid groups (broad SMARTS) is 1. The highest BCUT2D eigenvalue weighted by molar-refractivity contribution is 5.64. The van der Waals surface area contributed by atoms with Crippen LogP contribution >= 0.6 is 0 Å². The molecule has 0 spiro atoms. The molecule has 0 unspecified atom stereocenters. The average Bonchev–Trinajstić information content (AvgIpc) is 2.15. The average molecular weight is 181 g/mol. The predicted molar refractivity (Wildman–Crippen MR) is 47.2 cm³/mol. The van der Waals surface area contributed by atoms with Crippen molar-refractivity contribution in [1.29, 1.82) is 0 Å². The summed E-state index contributed by atoms with van der Waals surface area (Å²) >= 11 is 0. The first-order valence-corrected chi connectivity index (χ1v) is 3.88. The molecule has 0 atom stereocenters. The number of aliphatic hydroxyl groups excluding tert-OH is 1. The highest BCUT2D eigenvalue weighted by Crippen LogP contribution is 2.03. The standard InChI is InChI=1S/C9H11NO3/c11-6-8-3-1-7(2-4-8)5-10-9(12)13/h1-4,10-11H,5-6H2,(H,12,13). The Morgan fingerprint density at radius 1 is 1.23 bits per heavy atom. The summed E-state index contributed by atoms with van der Waals surface area (Å²) in [5.74, 6) is 0. The van der Waals surface area contributed by atoms with Crippen LogP contribution in [0.3, 0.4) is 0 Å². The largest absolute Gasteiger partial charge is 0.465 e. The van der Waals surface area contributed by atoms with Gasteiger partial charge in [0.25, 0.3) is 0 Å². The number of rotatable bonds is 3. The fourth-order valence-electron chi connectivity index (χ4n) is 0.940. The van der Waals surface area contributed by atoms with E-state index in [0.29, 0.717) is 6.54 Å². The summed E-state index contributed by atoms with van der Waals surface area (Å²) in [7, 11) is 0. The molecule has 0 fully saturated rings. The van der Waals surface area contributed by atoms with Crippen LogP contribution in [0.25, 0.3) is 0 Å². The van der Waals surface area contributed by atoms with Crippen molar-refractivity contribution in [2.75, 3.05) is 0 Å². The molecule has 1 amide bonds. The SMILES string of the molecule is O=C(O)NCc1ccc(CO)cc1. The molecule has 0 radical (unpaired) electrons. The molecule has 3 N–H and O–H groups in total. The van der Waals surface area contributed by atoms with Crippen LogP contribution in [0.15, 0.2) is 24.3 Å². The monoisotopic (exact) mass is 181 g/mol. The summed E-state index contributed by atoms with van der Waals surface area (Å²) in [5.41, 5.74) is 1.69. The normalized spacial score (nSPS) is 9.62. The molecule has 4 nitrogen and oxygen atoms in total. The first-order valence-electron chi connectivity index (χ1n) is 3.88. The van der Waals surface area contributed by atoms with Gasteiger partial charge in [0.05, 0.1) is 6.61 Å². The molecule has 0 aliphatic rings. The highest BCUT2D eigenvalue weighted by Gasteiger charge is 1.96. The van der Waals surface area contributed by atoms with Crippen LogP contribution in [0.2, 0.25) is 0 Å². The van der Waals surface area contributed by atoms with Crippen LogP contribution in [0.5, 0.6) is 0 Å². The van der Waals surface area contributed by atoms with E-state index in [9.17, 15) is 4.79 Å². The molecule has 0 heterocycles. The second-order valence-corrected chi connectivity index (χ2v) is 2.63. The topological polar surface area (TPSA) is 69.6 Å². The lowest BCUT2D eigenvalue weighted by Crippen LogP contribution is -2.19. The highest BCUT2D eigenvalue weighted by atomic mass is 16.4. The minimum absolute atomic E-state index is 0.00659. The van der Waals surface area contributed by atoms with Crippen LogP contribution < -0.4 is 5.32 Å². The van der Waals surface area contributed by atoms with Gasteiger partial charge in [0.15, 0.2) is 0 Å². The van der Waals surface area contributed by atoms with Crippen LogP contribution in [0.4, 0.5) is 4.79 Å². The van der Waals surface area contributed by atoms with Gasteiger partial charge in [-0.05, 0) is 11.1 Å². The van der Waals surface area contributed by atoms with Crippen molar-refractivity contribution in [3.8, 4) is 0 Å². The number of hydrogen-bond acceptors (Lipinski definition) is 2. The number of benzene rings is 1. The zero-order valence-corrected chi connectivity index (χ0v) is 7.03. The molecule has 13 heavy (non-hydrogen) atoms. The van der Waals surface area contributed by atoms with Gasteiger partial charge >= 0.3 is 6.09 Å². The van der Waals surface area contributed by atoms with Crippen LogP contribution in [-0.4, -0.2) is 16.3 Å². The lowest BCUT2D eigenvalue weighted by Gasteiger charge is -2.01. The van der Waals surface area contributed by atoms with Gasteiger partial charge in [-0.2, -0.15) is 0 Å². The zero-order valence-electron chi connectivity index (χ0n) is 7.03. The maximum atomic E-state index is 10.1. The van der Waals surface area contributed by atoms with Crippen molar-refractivity contribution in [2.24, 2.45) is 0 Å². The van der Waals surface area contributed by atoms with Gasteiger partial charge in [-0.25, -0.2) is 4.79 Å². The van der Waals surface area contributed by atoms with Gasteiger partial charge in [0, 0.05) is 6.54 Å². The third-order valence-corrected chi connectivity index (χ3v) is 1.65. The van der Waals surface area contributed by atoms with Crippen molar-refractivity contribution >= 4 is 6.09 Å². The first-order chi connectivity index (χ1) is 6.22. The first kappa shape index (κ1) is 9.54. The Labute approximate surface area is 75.8 Å². The minimum atomic E-state index is -1.04. The third kappa shape index (κ3) is 3.13. The Kier molecular flexibility index (Phi) is 3.28. The fourth-order valence-corrected chi connectivity index (χ4v) is 0.940. The molecule has 0 aliphatic heterocycles. The van der Waals surface area contributed by atoms with Gasteiger partial charge in [0.2, 0.25) is 0 Å². The third-order valence-electron chi connectivity index (χ3n) is 1.65. The van der Waals surface area contributed by atoms with Crippen LogP contribution in [0, 0.1) is 0 Å². The van der Waals surface area contributed by atoms with E-state index in [1.807, 2.05) is 0 Å². The van der Waals surface area contributed by atoms with E-state index in [4.69, 9.17) is 10.2 Å². The summed E-state index contributed by atoms with van der Waals surface area (Å²) in [6, 6.07) is 7.08. The Hall–Kier alpha value is -1.55. The van der Waals surface area contributed by atoms with Crippen LogP contribution in [0.1, 0.15) is 11.1 Å². The van der Waals surface area contributed by atoms with Crippen molar-refractivity contribution in [3.05, 3.63) is 35.4 Å². The van der Waals surface area contributed by atoms with Gasteiger partial charge in [-0.1, -0.05) is 24.3 Å². The quantitative estimate of drug-likeness (QED) is 0.650. The summed E-state index contributed by atoms with van der Waals surface area (Å²) in [6.07, 6.45) is -1.04. The second kappa shape index (κ2) is 4.47. The molecule has 0 bridgehead atoms. The van der Waals surface area contributed by atoms with Crippen molar-refractivity contribution in [1.82, 2.24) is 5.32 Å². The summed E-state index contributed by atoms with van der Waals surface area (Å²) in [6.45, 7) is 0.299. The number of nitrogens with one attached hydrogen (secondary N) is 1. The van der Waals surface area contributed by atoms with E-state index in [2.05, 4.69) is 5.32 Å². The molecule has 1 aromatic carbocycles. The van der Waals surface area contributed by atoms with Crippen molar-refractivity contribution in [3.63, 3.8) is 0 Å². The minimum Gasteiger partial charge on any atom is -0.465 e. The Bertz CT molecular complexity index is 281. The molecule has 1 aromatic rings. The lowest BCUT2D eigenvalue weighted by atomic mass is 10.1. The molecule has 70 valence electrons. The van der Waals surface area contributed by atoms with E-state index in [1.54, 1.807) is 24.3 Å². The zero-order chi connectivity index (χ0) is 9.68. The number of carbonyl (C=O) groups is 1. The predicted octanol–water partition coefficient (Wildman–Crippen LogP) is 0.947. The summed E-state index contributed by atoms with van der Waals surface area (Å²) in [5, 5.41) is 19.3. The maximum Gasteiger partial charge on any atom is 0.404 e. The maximum absolute atomic E-state index is 10.1. The van der Waals surface area contributed by atoms with E-state index in [-0.39, 0.29) is 6.61 Å². The number of amides is 1. The van der Waals surface area contributed by atoms with E-state index < -0.39 is 6.09 Å². The van der Waals surface area contributed by atoms with E-state index in [0.717, 1.165) is 11.1 Å². The molecule has 1 rings (SSSR count). The molecular formula is C9H11NO3. The molecule has 0 aromatic heterocycles. The van der Waals surface area contributed by atoms with Gasteiger partial charge < -0.3 is 15.5 Å². The Morgan fingerprint density at radius 2 is 1.77 bits per heavy atom. The van der Waals surface area contributed by atoms with Crippen LogP contribution in [-0.2, 0) is 13.2 Å². The number of hydrogen-bond donors (Lipinski definition) is 3. The lowest BCUT2D eigenvalue weighted by molar-refractivity contribution is 0.194. The molecule has 0 saturated heterocycles. The second-order valence-electron chi connectivity index (χ2n) is 2.63. The molecule has 0 aliphatic carbocycles. The molecule has 0 saturated carbocycles. The molecule has 4 heteroatoms. The van der Waals surface area contributed by atoms with E-state index in [1.165, 1.54) is 0 Å². The smallest absolute Gasteiger partial charge is 0.404 e. The number of aliphatic hydroxyl groups is 1. The Balaban J connectivity index is 2.54. The Morgan fingerprint density at radius 3 is 2.23 bits per heavy atom.